The van der Waals surface area contributed by atoms with Crippen molar-refractivity contribution in [2.45, 2.75) is 34.2 Å². The molecule has 0 aliphatic rings. The Balaban J connectivity index is 2.68. The van der Waals surface area contributed by atoms with Gasteiger partial charge in [0, 0.05) is 17.6 Å². The predicted molar refractivity (Wildman–Crippen MR) is 111 cm³/mol. The van der Waals surface area contributed by atoms with E-state index in [4.69, 9.17) is 5.73 Å². The van der Waals surface area contributed by atoms with Gasteiger partial charge in [-0.1, -0.05) is 43.6 Å². The Hall–Kier alpha value is -2.42. The van der Waals surface area contributed by atoms with E-state index in [-0.39, 0.29) is 42.0 Å². The summed E-state index contributed by atoms with van der Waals surface area (Å²) in [7, 11) is 0. The molecule has 3 N–H and O–H groups in total. The molecule has 0 bridgehead atoms. The molecule has 9 heteroatoms. The minimum Gasteiger partial charge on any atom is -0.383 e. The molecule has 0 saturated heterocycles. The standard InChI is InChI=1S/C19H24BrFN4O3/c1-10(2)8-24(18(27)13-6-5-12(20)7-14(13)21)15-16(22)25(9-11(3)4)19(28)23-17(15)26/h5-7,10-11H,8-9,22H2,1-4H3,(H,23,26,28). The van der Waals surface area contributed by atoms with E-state index in [1.165, 1.54) is 22.8 Å². The summed E-state index contributed by atoms with van der Waals surface area (Å²) in [5.41, 5.74) is 4.36. The highest BCUT2D eigenvalue weighted by Crippen LogP contribution is 2.23. The maximum atomic E-state index is 14.4. The fourth-order valence-corrected chi connectivity index (χ4v) is 3.17. The molecule has 1 aromatic carbocycles. The first kappa shape index (κ1) is 21.9. The Labute approximate surface area is 170 Å². The summed E-state index contributed by atoms with van der Waals surface area (Å²) in [5, 5.41) is 0. The Kier molecular flexibility index (Phi) is 6.82. The second-order valence-electron chi connectivity index (χ2n) is 7.43. The van der Waals surface area contributed by atoms with Gasteiger partial charge in [0.05, 0.1) is 5.56 Å². The molecule has 0 aliphatic heterocycles. The molecule has 0 radical (unpaired) electrons. The summed E-state index contributed by atoms with van der Waals surface area (Å²) in [4.78, 5) is 41.2. The molecule has 2 rings (SSSR count). The summed E-state index contributed by atoms with van der Waals surface area (Å²) < 4.78 is 16.1. The van der Waals surface area contributed by atoms with Crippen LogP contribution >= 0.6 is 15.9 Å². The topological polar surface area (TPSA) is 101 Å². The van der Waals surface area contributed by atoms with Crippen molar-refractivity contribution >= 4 is 33.3 Å². The van der Waals surface area contributed by atoms with Gasteiger partial charge >= 0.3 is 5.69 Å². The van der Waals surface area contributed by atoms with Crippen LogP contribution in [0.2, 0.25) is 0 Å². The van der Waals surface area contributed by atoms with E-state index in [1.807, 2.05) is 27.7 Å². The van der Waals surface area contributed by atoms with Crippen molar-refractivity contribution in [3.05, 3.63) is 54.9 Å². The number of benzene rings is 1. The van der Waals surface area contributed by atoms with Crippen LogP contribution in [-0.2, 0) is 6.54 Å². The summed E-state index contributed by atoms with van der Waals surface area (Å²) in [6, 6.07) is 4.05. The molecule has 1 heterocycles. The van der Waals surface area contributed by atoms with E-state index >= 15 is 0 Å². The molecule has 0 unspecified atom stereocenters. The lowest BCUT2D eigenvalue weighted by atomic mass is 10.1. The molecular formula is C19H24BrFN4O3. The number of rotatable bonds is 6. The highest BCUT2D eigenvalue weighted by molar-refractivity contribution is 9.10. The number of H-pyrrole nitrogens is 1. The number of aromatic nitrogens is 2. The van der Waals surface area contributed by atoms with Crippen molar-refractivity contribution in [2.75, 3.05) is 17.2 Å². The average Bonchev–Trinajstić information content (AvgIpc) is 2.56. The van der Waals surface area contributed by atoms with Crippen LogP contribution in [0.4, 0.5) is 15.9 Å². The van der Waals surface area contributed by atoms with E-state index in [0.717, 1.165) is 4.90 Å². The van der Waals surface area contributed by atoms with E-state index in [9.17, 15) is 18.8 Å². The number of hydrogen-bond donors (Lipinski definition) is 2. The van der Waals surface area contributed by atoms with Crippen LogP contribution in [0.25, 0.3) is 0 Å². The molecule has 0 atom stereocenters. The second kappa shape index (κ2) is 8.72. The van der Waals surface area contributed by atoms with Crippen molar-refractivity contribution < 1.29 is 9.18 Å². The molecule has 152 valence electrons. The average molecular weight is 455 g/mol. The van der Waals surface area contributed by atoms with E-state index < -0.39 is 23.0 Å². The van der Waals surface area contributed by atoms with Gasteiger partial charge in [-0.3, -0.25) is 19.1 Å². The SMILES string of the molecule is CC(C)CN(C(=O)c1ccc(Br)cc1F)c1c(N)n(CC(C)C)c(=O)[nH]c1=O. The number of carbonyl (C=O) groups is 1. The lowest BCUT2D eigenvalue weighted by Gasteiger charge is -2.26. The van der Waals surface area contributed by atoms with Crippen LogP contribution in [0.5, 0.6) is 0 Å². The normalized spacial score (nSPS) is 11.3. The minimum atomic E-state index is -0.783. The molecule has 2 aromatic rings. The zero-order chi connectivity index (χ0) is 21.2. The van der Waals surface area contributed by atoms with Crippen molar-refractivity contribution in [1.29, 1.82) is 0 Å². The minimum absolute atomic E-state index is 0.0354. The third-order valence-corrected chi connectivity index (χ3v) is 4.48. The fourth-order valence-electron chi connectivity index (χ4n) is 2.83. The molecule has 0 spiro atoms. The largest absolute Gasteiger partial charge is 0.383 e. The predicted octanol–water partition coefficient (Wildman–Crippen LogP) is 2.98. The third kappa shape index (κ3) is 4.70. The lowest BCUT2D eigenvalue weighted by Crippen LogP contribution is -2.43. The van der Waals surface area contributed by atoms with Crippen molar-refractivity contribution in [1.82, 2.24) is 9.55 Å². The zero-order valence-electron chi connectivity index (χ0n) is 16.3. The van der Waals surface area contributed by atoms with Crippen LogP contribution in [0, 0.1) is 17.7 Å². The first-order valence-electron chi connectivity index (χ1n) is 8.92. The maximum absolute atomic E-state index is 14.4. The van der Waals surface area contributed by atoms with Gasteiger partial charge in [0.25, 0.3) is 11.5 Å². The van der Waals surface area contributed by atoms with Gasteiger partial charge in [-0.2, -0.15) is 0 Å². The quantitative estimate of drug-likeness (QED) is 0.700. The number of nitrogens with zero attached hydrogens (tertiary/aromatic N) is 2. The van der Waals surface area contributed by atoms with Gasteiger partial charge in [-0.05, 0) is 30.0 Å². The second-order valence-corrected chi connectivity index (χ2v) is 8.35. The number of carbonyl (C=O) groups excluding carboxylic acids is 1. The molecule has 28 heavy (non-hydrogen) atoms. The summed E-state index contributed by atoms with van der Waals surface area (Å²) >= 11 is 3.15. The summed E-state index contributed by atoms with van der Waals surface area (Å²) in [5.74, 6) is -1.50. The number of amides is 1. The fraction of sp³-hybridized carbons (Fsp3) is 0.421. The number of hydrogen-bond acceptors (Lipinski definition) is 4. The van der Waals surface area contributed by atoms with E-state index in [0.29, 0.717) is 4.47 Å². The first-order valence-corrected chi connectivity index (χ1v) is 9.71. The smallest absolute Gasteiger partial charge is 0.330 e. The highest BCUT2D eigenvalue weighted by Gasteiger charge is 2.27. The van der Waals surface area contributed by atoms with Crippen LogP contribution in [0.3, 0.4) is 0 Å². The summed E-state index contributed by atoms with van der Waals surface area (Å²) in [6.07, 6.45) is 0. The van der Waals surface area contributed by atoms with Gasteiger partial charge in [0.2, 0.25) is 0 Å². The summed E-state index contributed by atoms with van der Waals surface area (Å²) in [6.45, 7) is 7.89. The van der Waals surface area contributed by atoms with Gasteiger partial charge in [-0.15, -0.1) is 0 Å². The molecule has 1 aromatic heterocycles. The number of anilines is 2. The Morgan fingerprint density at radius 2 is 1.89 bits per heavy atom. The van der Waals surface area contributed by atoms with Crippen LogP contribution < -0.4 is 21.9 Å². The van der Waals surface area contributed by atoms with Gasteiger partial charge in [0.1, 0.15) is 11.6 Å². The van der Waals surface area contributed by atoms with Crippen molar-refractivity contribution in [3.63, 3.8) is 0 Å². The highest BCUT2D eigenvalue weighted by atomic mass is 79.9. The van der Waals surface area contributed by atoms with Crippen molar-refractivity contribution in [2.24, 2.45) is 11.8 Å². The molecule has 0 aliphatic carbocycles. The van der Waals surface area contributed by atoms with Crippen molar-refractivity contribution in [3.8, 4) is 0 Å². The molecule has 1 amide bonds. The molecule has 0 fully saturated rings. The maximum Gasteiger partial charge on any atom is 0.330 e. The van der Waals surface area contributed by atoms with Gasteiger partial charge in [-0.25, -0.2) is 9.18 Å². The zero-order valence-corrected chi connectivity index (χ0v) is 17.8. The van der Waals surface area contributed by atoms with E-state index in [2.05, 4.69) is 20.9 Å². The monoisotopic (exact) mass is 454 g/mol. The van der Waals surface area contributed by atoms with E-state index in [1.54, 1.807) is 0 Å². The van der Waals surface area contributed by atoms with Crippen LogP contribution in [0.1, 0.15) is 38.1 Å². The third-order valence-electron chi connectivity index (χ3n) is 3.99. The van der Waals surface area contributed by atoms with Crippen LogP contribution in [0.15, 0.2) is 32.3 Å². The Morgan fingerprint density at radius 1 is 1.25 bits per heavy atom. The number of aromatic amines is 1. The number of nitrogen functional groups attached to an aromatic ring is 1. The van der Waals surface area contributed by atoms with Gasteiger partial charge in [0.15, 0.2) is 5.69 Å². The number of nitrogens with one attached hydrogen (secondary N) is 1. The molecule has 0 saturated carbocycles. The first-order chi connectivity index (χ1) is 13.0. The van der Waals surface area contributed by atoms with Gasteiger partial charge < -0.3 is 10.6 Å². The van der Waals surface area contributed by atoms with Crippen LogP contribution in [-0.4, -0.2) is 22.0 Å². The Bertz CT molecular complexity index is 998. The number of nitrogens with two attached hydrogens (primary N) is 1. The number of halogens is 2. The Morgan fingerprint density at radius 3 is 2.43 bits per heavy atom. The lowest BCUT2D eigenvalue weighted by molar-refractivity contribution is 0.0979. The molecular weight excluding hydrogens is 431 g/mol. The molecule has 7 nitrogen and oxygen atoms in total.